The van der Waals surface area contributed by atoms with Gasteiger partial charge >= 0.3 is 0 Å². The fourth-order valence-electron chi connectivity index (χ4n) is 1.20. The topological polar surface area (TPSA) is 38.7 Å². The molecule has 0 amide bonds. The maximum absolute atomic E-state index is 9.21. The Kier molecular flexibility index (Phi) is 10.4. The second kappa shape index (κ2) is 10.9. The van der Waals surface area contributed by atoms with Gasteiger partial charge in [0.2, 0.25) is 0 Å². The summed E-state index contributed by atoms with van der Waals surface area (Å²) in [5, 5.41) is 9.21. The van der Waals surface area contributed by atoms with Crippen molar-refractivity contribution in [3.05, 3.63) is 24.3 Å². The largest absolute Gasteiger partial charge is 0.393 e. The van der Waals surface area contributed by atoms with E-state index in [1.807, 2.05) is 18.2 Å². The summed E-state index contributed by atoms with van der Waals surface area (Å²) < 4.78 is 10.3. The molecule has 0 spiro atoms. The fourth-order valence-corrected chi connectivity index (χ4v) is 1.20. The SMILES string of the molecule is CC/C=C\C=C\[C@@H](CC[C@@H](C)O)OCOC. The van der Waals surface area contributed by atoms with E-state index in [1.165, 1.54) is 0 Å². The van der Waals surface area contributed by atoms with Gasteiger partial charge in [-0.05, 0) is 26.2 Å². The van der Waals surface area contributed by atoms with Crippen molar-refractivity contribution in [2.45, 2.75) is 45.3 Å². The minimum absolute atomic E-state index is 0.0102. The van der Waals surface area contributed by atoms with Gasteiger partial charge in [-0.1, -0.05) is 31.2 Å². The van der Waals surface area contributed by atoms with Crippen molar-refractivity contribution in [1.82, 2.24) is 0 Å². The summed E-state index contributed by atoms with van der Waals surface area (Å²) in [6.07, 6.45) is 10.4. The lowest BCUT2D eigenvalue weighted by Gasteiger charge is -2.14. The first-order valence-electron chi connectivity index (χ1n) is 5.82. The Bertz CT molecular complexity index is 197. The Morgan fingerprint density at radius 1 is 1.25 bits per heavy atom. The van der Waals surface area contributed by atoms with Gasteiger partial charge in [-0.3, -0.25) is 0 Å². The minimum Gasteiger partial charge on any atom is -0.393 e. The van der Waals surface area contributed by atoms with Gasteiger partial charge in [0.05, 0.1) is 12.2 Å². The van der Waals surface area contributed by atoms with Gasteiger partial charge in [-0.25, -0.2) is 0 Å². The molecule has 0 aliphatic heterocycles. The van der Waals surface area contributed by atoms with E-state index in [9.17, 15) is 5.11 Å². The number of methoxy groups -OCH3 is 1. The molecular formula is C13H24O3. The van der Waals surface area contributed by atoms with Crippen LogP contribution in [0.15, 0.2) is 24.3 Å². The van der Waals surface area contributed by atoms with E-state index in [0.29, 0.717) is 0 Å². The minimum atomic E-state index is -0.284. The maximum atomic E-state index is 9.21. The number of ether oxygens (including phenoxy) is 2. The summed E-state index contributed by atoms with van der Waals surface area (Å²) in [7, 11) is 1.60. The van der Waals surface area contributed by atoms with Crippen molar-refractivity contribution in [3.63, 3.8) is 0 Å². The first kappa shape index (κ1) is 15.4. The molecule has 0 radical (unpaired) electrons. The number of allylic oxidation sites excluding steroid dienone is 3. The Morgan fingerprint density at radius 3 is 2.56 bits per heavy atom. The highest BCUT2D eigenvalue weighted by Crippen LogP contribution is 2.07. The molecule has 0 bridgehead atoms. The molecule has 16 heavy (non-hydrogen) atoms. The Labute approximate surface area is 98.8 Å². The van der Waals surface area contributed by atoms with Crippen LogP contribution >= 0.6 is 0 Å². The van der Waals surface area contributed by atoms with Crippen molar-refractivity contribution in [2.24, 2.45) is 0 Å². The summed E-state index contributed by atoms with van der Waals surface area (Å²) in [6, 6.07) is 0. The van der Waals surface area contributed by atoms with Crippen LogP contribution in [0.1, 0.15) is 33.1 Å². The van der Waals surface area contributed by atoms with E-state index >= 15 is 0 Å². The van der Waals surface area contributed by atoms with Crippen LogP contribution in [0, 0.1) is 0 Å². The average molecular weight is 228 g/mol. The monoisotopic (exact) mass is 228 g/mol. The summed E-state index contributed by atoms with van der Waals surface area (Å²) in [5.74, 6) is 0. The van der Waals surface area contributed by atoms with Crippen molar-refractivity contribution < 1.29 is 14.6 Å². The molecule has 0 aromatic rings. The van der Waals surface area contributed by atoms with Crippen LogP contribution in [0.4, 0.5) is 0 Å². The molecule has 94 valence electrons. The molecule has 0 fully saturated rings. The zero-order valence-electron chi connectivity index (χ0n) is 10.6. The van der Waals surface area contributed by atoms with Gasteiger partial charge in [-0.2, -0.15) is 0 Å². The predicted molar refractivity (Wildman–Crippen MR) is 66.2 cm³/mol. The van der Waals surface area contributed by atoms with E-state index in [2.05, 4.69) is 13.0 Å². The lowest BCUT2D eigenvalue weighted by molar-refractivity contribution is -0.0600. The van der Waals surface area contributed by atoms with Gasteiger partial charge < -0.3 is 14.6 Å². The third-order valence-corrected chi connectivity index (χ3v) is 2.08. The number of aliphatic hydroxyl groups is 1. The molecule has 0 saturated heterocycles. The van der Waals surface area contributed by atoms with Crippen LogP contribution in [-0.2, 0) is 9.47 Å². The van der Waals surface area contributed by atoms with Gasteiger partial charge in [0, 0.05) is 7.11 Å². The van der Waals surface area contributed by atoms with E-state index in [1.54, 1.807) is 14.0 Å². The third kappa shape index (κ3) is 9.90. The van der Waals surface area contributed by atoms with Crippen molar-refractivity contribution >= 4 is 0 Å². The quantitative estimate of drug-likeness (QED) is 0.487. The standard InChI is InChI=1S/C13H24O3/c1-4-5-6-7-8-13(16-11-15-3)10-9-12(2)14/h5-8,12-14H,4,9-11H2,1-3H3/b6-5-,8-7+/t12-,13+/m1/s1. The van der Waals surface area contributed by atoms with Gasteiger partial charge in [0.15, 0.2) is 0 Å². The van der Waals surface area contributed by atoms with Gasteiger partial charge in [0.25, 0.3) is 0 Å². The third-order valence-electron chi connectivity index (χ3n) is 2.08. The molecule has 0 rings (SSSR count). The normalized spacial score (nSPS) is 16.0. The van der Waals surface area contributed by atoms with E-state index in [-0.39, 0.29) is 19.0 Å². The maximum Gasteiger partial charge on any atom is 0.147 e. The van der Waals surface area contributed by atoms with Crippen LogP contribution in [0.25, 0.3) is 0 Å². The second-order valence-electron chi connectivity index (χ2n) is 3.76. The smallest absolute Gasteiger partial charge is 0.147 e. The van der Waals surface area contributed by atoms with Gasteiger partial charge in [0.1, 0.15) is 6.79 Å². The lowest BCUT2D eigenvalue weighted by atomic mass is 10.1. The van der Waals surface area contributed by atoms with Crippen LogP contribution < -0.4 is 0 Å². The van der Waals surface area contributed by atoms with Crippen molar-refractivity contribution in [3.8, 4) is 0 Å². The summed E-state index contributed by atoms with van der Waals surface area (Å²) in [5.41, 5.74) is 0. The molecule has 0 heterocycles. The molecule has 3 nitrogen and oxygen atoms in total. The molecule has 3 heteroatoms. The summed E-state index contributed by atoms with van der Waals surface area (Å²) in [4.78, 5) is 0. The van der Waals surface area contributed by atoms with Crippen LogP contribution in [-0.4, -0.2) is 31.2 Å². The highest BCUT2D eigenvalue weighted by atomic mass is 16.7. The second-order valence-corrected chi connectivity index (χ2v) is 3.76. The number of hydrogen-bond acceptors (Lipinski definition) is 3. The molecule has 0 unspecified atom stereocenters. The Morgan fingerprint density at radius 2 is 2.00 bits per heavy atom. The van der Waals surface area contributed by atoms with E-state index in [4.69, 9.17) is 9.47 Å². The molecule has 0 aliphatic rings. The zero-order valence-corrected chi connectivity index (χ0v) is 10.6. The highest BCUT2D eigenvalue weighted by molar-refractivity contribution is 5.04. The molecule has 0 aromatic heterocycles. The first-order valence-corrected chi connectivity index (χ1v) is 5.82. The summed E-state index contributed by atoms with van der Waals surface area (Å²) >= 11 is 0. The van der Waals surface area contributed by atoms with Crippen LogP contribution in [0.2, 0.25) is 0 Å². The van der Waals surface area contributed by atoms with Crippen molar-refractivity contribution in [2.75, 3.05) is 13.9 Å². The van der Waals surface area contributed by atoms with E-state index < -0.39 is 0 Å². The van der Waals surface area contributed by atoms with Gasteiger partial charge in [-0.15, -0.1) is 0 Å². The Balaban J connectivity index is 3.98. The zero-order chi connectivity index (χ0) is 12.2. The fraction of sp³-hybridized carbons (Fsp3) is 0.692. The highest BCUT2D eigenvalue weighted by Gasteiger charge is 2.06. The molecular weight excluding hydrogens is 204 g/mol. The van der Waals surface area contributed by atoms with E-state index in [0.717, 1.165) is 19.3 Å². The number of rotatable bonds is 9. The average Bonchev–Trinajstić information content (AvgIpc) is 2.26. The first-order chi connectivity index (χ1) is 7.70. The predicted octanol–water partition coefficient (Wildman–Crippen LogP) is 2.66. The molecule has 0 aromatic carbocycles. The molecule has 0 aliphatic carbocycles. The number of hydrogen-bond donors (Lipinski definition) is 1. The van der Waals surface area contributed by atoms with Crippen LogP contribution in [0.3, 0.4) is 0 Å². The number of aliphatic hydroxyl groups excluding tert-OH is 1. The lowest BCUT2D eigenvalue weighted by Crippen LogP contribution is -2.14. The molecule has 2 atom stereocenters. The van der Waals surface area contributed by atoms with Crippen molar-refractivity contribution in [1.29, 1.82) is 0 Å². The molecule has 1 N–H and O–H groups in total. The summed E-state index contributed by atoms with van der Waals surface area (Å²) in [6.45, 7) is 4.16. The molecule has 0 saturated carbocycles. The Hall–Kier alpha value is -0.640. The van der Waals surface area contributed by atoms with Crippen LogP contribution in [0.5, 0.6) is 0 Å².